The van der Waals surface area contributed by atoms with Crippen LogP contribution in [0.1, 0.15) is 11.1 Å². The highest BCUT2D eigenvalue weighted by Gasteiger charge is 2.26. The summed E-state index contributed by atoms with van der Waals surface area (Å²) in [6.07, 6.45) is 0. The highest BCUT2D eigenvalue weighted by Crippen LogP contribution is 2.24. The van der Waals surface area contributed by atoms with Gasteiger partial charge in [0.15, 0.2) is 0 Å². The number of carbonyl (C=O) groups excluding carboxylic acids is 1. The van der Waals surface area contributed by atoms with Gasteiger partial charge in [-0.15, -0.1) is 11.8 Å². The number of aryl methyl sites for hydroxylation is 2. The normalized spacial score (nSPS) is 15.4. The first-order chi connectivity index (χ1) is 13.4. The standard InChI is InChI=1S/C20H24N2O4S2/c1-15-3-8-19(16(2)13-15)27-14-20(23)21-17-4-6-18(7-5-17)28(24,25)22-9-11-26-12-10-22/h3-8,13H,9-12,14H2,1-2H3,(H,21,23). The van der Waals surface area contributed by atoms with Gasteiger partial charge in [0.1, 0.15) is 0 Å². The number of benzene rings is 2. The van der Waals surface area contributed by atoms with Crippen LogP contribution in [0.25, 0.3) is 0 Å². The Morgan fingerprint density at radius 2 is 1.79 bits per heavy atom. The Morgan fingerprint density at radius 1 is 1.11 bits per heavy atom. The van der Waals surface area contributed by atoms with Crippen LogP contribution in [0.3, 0.4) is 0 Å². The van der Waals surface area contributed by atoms with Crippen LogP contribution in [0, 0.1) is 13.8 Å². The Hall–Kier alpha value is -1.87. The molecule has 1 aliphatic heterocycles. The number of ether oxygens (including phenoxy) is 1. The van der Waals surface area contributed by atoms with E-state index in [1.807, 2.05) is 26.0 Å². The summed E-state index contributed by atoms with van der Waals surface area (Å²) < 4.78 is 31.9. The van der Waals surface area contributed by atoms with E-state index in [9.17, 15) is 13.2 Å². The molecule has 1 N–H and O–H groups in total. The zero-order chi connectivity index (χ0) is 20.1. The average Bonchev–Trinajstić information content (AvgIpc) is 2.68. The molecule has 0 saturated carbocycles. The number of nitrogens with zero attached hydrogens (tertiary/aromatic N) is 1. The Bertz CT molecular complexity index is 937. The fourth-order valence-electron chi connectivity index (χ4n) is 2.95. The number of carbonyl (C=O) groups is 1. The predicted molar refractivity (Wildman–Crippen MR) is 111 cm³/mol. The van der Waals surface area contributed by atoms with Crippen molar-refractivity contribution in [3.8, 4) is 0 Å². The lowest BCUT2D eigenvalue weighted by atomic mass is 10.2. The minimum Gasteiger partial charge on any atom is -0.379 e. The van der Waals surface area contributed by atoms with Gasteiger partial charge in [-0.25, -0.2) is 8.42 Å². The third-order valence-electron chi connectivity index (χ3n) is 4.44. The van der Waals surface area contributed by atoms with Crippen LogP contribution in [-0.2, 0) is 19.6 Å². The first kappa shape index (κ1) is 20.9. The summed E-state index contributed by atoms with van der Waals surface area (Å²) in [5.74, 6) is 0.159. The van der Waals surface area contributed by atoms with E-state index in [0.717, 1.165) is 10.5 Å². The van der Waals surface area contributed by atoms with Gasteiger partial charge in [0.05, 0.1) is 23.9 Å². The van der Waals surface area contributed by atoms with Crippen LogP contribution in [0.5, 0.6) is 0 Å². The van der Waals surface area contributed by atoms with Crippen molar-refractivity contribution in [2.75, 3.05) is 37.4 Å². The van der Waals surface area contributed by atoms with Gasteiger partial charge in [0.2, 0.25) is 15.9 Å². The van der Waals surface area contributed by atoms with E-state index in [1.54, 1.807) is 12.1 Å². The molecule has 8 heteroatoms. The number of thioether (sulfide) groups is 1. The number of hydrogen-bond donors (Lipinski definition) is 1. The van der Waals surface area contributed by atoms with Crippen LogP contribution in [0.4, 0.5) is 5.69 Å². The van der Waals surface area contributed by atoms with Gasteiger partial charge in [-0.05, 0) is 49.7 Å². The van der Waals surface area contributed by atoms with Crippen molar-refractivity contribution in [2.24, 2.45) is 0 Å². The molecule has 0 atom stereocenters. The molecule has 6 nitrogen and oxygen atoms in total. The van der Waals surface area contributed by atoms with Gasteiger partial charge in [-0.3, -0.25) is 4.79 Å². The number of sulfonamides is 1. The second kappa shape index (κ2) is 9.09. The zero-order valence-electron chi connectivity index (χ0n) is 16.0. The fourth-order valence-corrected chi connectivity index (χ4v) is 5.17. The number of nitrogens with one attached hydrogen (secondary N) is 1. The van der Waals surface area contributed by atoms with Crippen molar-refractivity contribution >= 4 is 33.4 Å². The largest absolute Gasteiger partial charge is 0.379 e. The molecular weight excluding hydrogens is 396 g/mol. The molecule has 0 aromatic heterocycles. The van der Waals surface area contributed by atoms with Gasteiger partial charge in [0, 0.05) is 23.7 Å². The smallest absolute Gasteiger partial charge is 0.243 e. The Kier molecular flexibility index (Phi) is 6.77. The number of rotatable bonds is 6. The van der Waals surface area contributed by atoms with E-state index in [4.69, 9.17) is 4.74 Å². The van der Waals surface area contributed by atoms with Crippen LogP contribution in [0.2, 0.25) is 0 Å². The number of hydrogen-bond acceptors (Lipinski definition) is 5. The average molecular weight is 421 g/mol. The zero-order valence-corrected chi connectivity index (χ0v) is 17.6. The summed E-state index contributed by atoms with van der Waals surface area (Å²) in [7, 11) is -3.53. The van der Waals surface area contributed by atoms with E-state index in [-0.39, 0.29) is 16.6 Å². The Labute approximate surface area is 170 Å². The minimum absolute atomic E-state index is 0.131. The van der Waals surface area contributed by atoms with Gasteiger partial charge < -0.3 is 10.1 Å². The molecule has 1 amide bonds. The predicted octanol–water partition coefficient (Wildman–Crippen LogP) is 3.06. The van der Waals surface area contributed by atoms with E-state index in [1.165, 1.54) is 33.8 Å². The van der Waals surface area contributed by atoms with Crippen molar-refractivity contribution in [3.05, 3.63) is 53.6 Å². The van der Waals surface area contributed by atoms with E-state index in [2.05, 4.69) is 11.4 Å². The molecule has 1 fully saturated rings. The molecule has 3 rings (SSSR count). The van der Waals surface area contributed by atoms with Crippen LogP contribution >= 0.6 is 11.8 Å². The molecule has 150 valence electrons. The summed E-state index contributed by atoms with van der Waals surface area (Å²) >= 11 is 1.48. The van der Waals surface area contributed by atoms with Gasteiger partial charge in [-0.1, -0.05) is 17.7 Å². The molecule has 0 bridgehead atoms. The SMILES string of the molecule is Cc1ccc(SCC(=O)Nc2ccc(S(=O)(=O)N3CCOCC3)cc2)c(C)c1. The lowest BCUT2D eigenvalue weighted by Crippen LogP contribution is -2.40. The molecule has 28 heavy (non-hydrogen) atoms. The van der Waals surface area contributed by atoms with Crippen molar-refractivity contribution < 1.29 is 17.9 Å². The molecular formula is C20H24N2O4S2. The van der Waals surface area contributed by atoms with Crippen LogP contribution in [-0.4, -0.2) is 50.7 Å². The van der Waals surface area contributed by atoms with Crippen LogP contribution < -0.4 is 5.32 Å². The third kappa shape index (κ3) is 5.14. The van der Waals surface area contributed by atoms with E-state index in [0.29, 0.717) is 32.0 Å². The topological polar surface area (TPSA) is 75.7 Å². The Balaban J connectivity index is 1.58. The van der Waals surface area contributed by atoms with Crippen molar-refractivity contribution in [1.82, 2.24) is 4.31 Å². The summed E-state index contributed by atoms with van der Waals surface area (Å²) in [5, 5.41) is 2.81. The molecule has 0 unspecified atom stereocenters. The number of amides is 1. The fraction of sp³-hybridized carbons (Fsp3) is 0.350. The molecule has 0 spiro atoms. The van der Waals surface area contributed by atoms with Crippen molar-refractivity contribution in [1.29, 1.82) is 0 Å². The Morgan fingerprint density at radius 3 is 2.43 bits per heavy atom. The lowest BCUT2D eigenvalue weighted by Gasteiger charge is -2.26. The first-order valence-corrected chi connectivity index (χ1v) is 11.5. The van der Waals surface area contributed by atoms with Crippen molar-refractivity contribution in [2.45, 2.75) is 23.6 Å². The van der Waals surface area contributed by atoms with Crippen LogP contribution in [0.15, 0.2) is 52.3 Å². The maximum atomic E-state index is 12.6. The van der Waals surface area contributed by atoms with E-state index < -0.39 is 10.0 Å². The molecule has 0 radical (unpaired) electrons. The lowest BCUT2D eigenvalue weighted by molar-refractivity contribution is -0.113. The molecule has 1 aliphatic rings. The third-order valence-corrected chi connectivity index (χ3v) is 7.52. The van der Waals surface area contributed by atoms with Gasteiger partial charge in [-0.2, -0.15) is 4.31 Å². The monoisotopic (exact) mass is 420 g/mol. The maximum Gasteiger partial charge on any atom is 0.243 e. The van der Waals surface area contributed by atoms with Gasteiger partial charge >= 0.3 is 0 Å². The molecule has 0 aliphatic carbocycles. The van der Waals surface area contributed by atoms with Crippen molar-refractivity contribution in [3.63, 3.8) is 0 Å². The minimum atomic E-state index is -3.53. The first-order valence-electron chi connectivity index (χ1n) is 9.04. The molecule has 1 heterocycles. The molecule has 2 aromatic rings. The maximum absolute atomic E-state index is 12.6. The molecule has 1 saturated heterocycles. The highest BCUT2D eigenvalue weighted by molar-refractivity contribution is 8.00. The summed E-state index contributed by atoms with van der Waals surface area (Å²) in [6.45, 7) is 5.60. The summed E-state index contributed by atoms with van der Waals surface area (Å²) in [6, 6.07) is 12.4. The second-order valence-electron chi connectivity index (χ2n) is 6.65. The summed E-state index contributed by atoms with van der Waals surface area (Å²) in [5.41, 5.74) is 2.92. The van der Waals surface area contributed by atoms with Gasteiger partial charge in [0.25, 0.3) is 0 Å². The number of anilines is 1. The van der Waals surface area contributed by atoms with E-state index >= 15 is 0 Å². The summed E-state index contributed by atoms with van der Waals surface area (Å²) in [4.78, 5) is 13.5. The number of morpholine rings is 1. The molecule has 2 aromatic carbocycles. The quantitative estimate of drug-likeness (QED) is 0.727. The second-order valence-corrected chi connectivity index (χ2v) is 9.60. The highest BCUT2D eigenvalue weighted by atomic mass is 32.2.